The summed E-state index contributed by atoms with van der Waals surface area (Å²) >= 11 is 0. The number of alkyl carbamates (subject to hydrolysis) is 1. The van der Waals surface area contributed by atoms with Crippen LogP contribution in [0.5, 0.6) is 0 Å². The average molecular weight is 406 g/mol. The first-order valence-corrected chi connectivity index (χ1v) is 9.50. The molecule has 0 heterocycles. The van der Waals surface area contributed by atoms with Gasteiger partial charge in [0.2, 0.25) is 11.7 Å². The van der Waals surface area contributed by atoms with E-state index >= 15 is 0 Å². The molecule has 1 aromatic carbocycles. The van der Waals surface area contributed by atoms with Crippen molar-refractivity contribution in [3.63, 3.8) is 0 Å². The molecule has 0 aliphatic rings. The zero-order valence-electron chi connectivity index (χ0n) is 17.8. The molecule has 2 amide bonds. The van der Waals surface area contributed by atoms with E-state index < -0.39 is 23.8 Å². The van der Waals surface area contributed by atoms with E-state index in [0.29, 0.717) is 11.3 Å². The number of hydrogen-bond acceptors (Lipinski definition) is 6. The number of nitrogens with one attached hydrogen (secondary N) is 2. The molecule has 0 saturated heterocycles. The number of esters is 1. The molecule has 1 rings (SSSR count). The molecule has 29 heavy (non-hydrogen) atoms. The molecular formula is C21H30N2O6. The summed E-state index contributed by atoms with van der Waals surface area (Å²) < 4.78 is 10.2. The highest BCUT2D eigenvalue weighted by Crippen LogP contribution is 2.14. The van der Waals surface area contributed by atoms with E-state index in [9.17, 15) is 19.2 Å². The van der Waals surface area contributed by atoms with Crippen LogP contribution in [0.4, 0.5) is 10.5 Å². The van der Waals surface area contributed by atoms with Gasteiger partial charge in [0.1, 0.15) is 5.60 Å². The van der Waals surface area contributed by atoms with Crippen LogP contribution in [0.1, 0.15) is 58.3 Å². The van der Waals surface area contributed by atoms with Gasteiger partial charge in [0.25, 0.3) is 0 Å². The van der Waals surface area contributed by atoms with Gasteiger partial charge in [-0.2, -0.15) is 0 Å². The van der Waals surface area contributed by atoms with Gasteiger partial charge in [0.15, 0.2) is 6.10 Å². The molecule has 0 saturated carbocycles. The van der Waals surface area contributed by atoms with Crippen LogP contribution in [0.25, 0.3) is 0 Å². The molecule has 0 aliphatic heterocycles. The number of ketones is 1. The molecule has 8 heteroatoms. The Hall–Kier alpha value is -2.90. The van der Waals surface area contributed by atoms with Crippen molar-refractivity contribution in [3.05, 3.63) is 29.8 Å². The number of carbonyl (C=O) groups excluding carboxylic acids is 4. The summed E-state index contributed by atoms with van der Waals surface area (Å²) in [5, 5.41) is 5.19. The summed E-state index contributed by atoms with van der Waals surface area (Å²) in [7, 11) is 0. The maximum Gasteiger partial charge on any atom is 0.407 e. The van der Waals surface area contributed by atoms with Crippen LogP contribution in [0.3, 0.4) is 0 Å². The molecular weight excluding hydrogens is 376 g/mol. The number of hydrogen-bond donors (Lipinski definition) is 2. The van der Waals surface area contributed by atoms with Crippen molar-refractivity contribution in [3.8, 4) is 0 Å². The zero-order valence-corrected chi connectivity index (χ0v) is 17.8. The van der Waals surface area contributed by atoms with Crippen molar-refractivity contribution in [2.24, 2.45) is 5.92 Å². The van der Waals surface area contributed by atoms with Crippen molar-refractivity contribution in [1.82, 2.24) is 5.32 Å². The Labute approximate surface area is 171 Å². The number of carbonyl (C=O) groups is 4. The van der Waals surface area contributed by atoms with E-state index in [4.69, 9.17) is 9.47 Å². The Balaban J connectivity index is 2.48. The standard InChI is InChI=1S/C21H30N2O6/c1-13(2)19(26)23-16-9-7-15(8-10-16)18(25)14(3)28-17(24)11-12-22-20(27)29-21(4,5)6/h7-10,13-14H,11-12H2,1-6H3,(H,22,27)(H,23,26)/t14-/m0/s1. The van der Waals surface area contributed by atoms with Gasteiger partial charge < -0.3 is 20.1 Å². The Morgan fingerprint density at radius 3 is 2.10 bits per heavy atom. The lowest BCUT2D eigenvalue weighted by Crippen LogP contribution is -2.34. The minimum atomic E-state index is -0.972. The third-order valence-corrected chi connectivity index (χ3v) is 3.64. The predicted octanol–water partition coefficient (Wildman–Crippen LogP) is 3.31. The van der Waals surface area contributed by atoms with E-state index in [2.05, 4.69) is 10.6 Å². The molecule has 0 spiro atoms. The molecule has 0 fully saturated rings. The average Bonchev–Trinajstić information content (AvgIpc) is 2.59. The topological polar surface area (TPSA) is 111 Å². The molecule has 0 unspecified atom stereocenters. The summed E-state index contributed by atoms with van der Waals surface area (Å²) in [6.45, 7) is 10.3. The molecule has 2 N–H and O–H groups in total. The second kappa shape index (κ2) is 10.6. The first kappa shape index (κ1) is 24.1. The van der Waals surface area contributed by atoms with Crippen molar-refractivity contribution < 1.29 is 28.7 Å². The Morgan fingerprint density at radius 2 is 1.59 bits per heavy atom. The van der Waals surface area contributed by atoms with Crippen LogP contribution in [0.15, 0.2) is 24.3 Å². The van der Waals surface area contributed by atoms with Gasteiger partial charge in [0.05, 0.1) is 6.42 Å². The third-order valence-electron chi connectivity index (χ3n) is 3.64. The van der Waals surface area contributed by atoms with Gasteiger partial charge >= 0.3 is 12.1 Å². The Bertz CT molecular complexity index is 735. The lowest BCUT2D eigenvalue weighted by molar-refractivity contribution is -0.146. The molecule has 0 aromatic heterocycles. The van der Waals surface area contributed by atoms with Crippen molar-refractivity contribution in [2.45, 2.75) is 59.7 Å². The van der Waals surface area contributed by atoms with Crippen LogP contribution in [0, 0.1) is 5.92 Å². The van der Waals surface area contributed by atoms with Crippen molar-refractivity contribution >= 4 is 29.4 Å². The van der Waals surface area contributed by atoms with Gasteiger partial charge in [-0.25, -0.2) is 4.79 Å². The van der Waals surface area contributed by atoms with Gasteiger partial charge in [-0.15, -0.1) is 0 Å². The lowest BCUT2D eigenvalue weighted by atomic mass is 10.1. The van der Waals surface area contributed by atoms with Crippen molar-refractivity contribution in [1.29, 1.82) is 0 Å². The van der Waals surface area contributed by atoms with E-state index in [-0.39, 0.29) is 30.6 Å². The number of Topliss-reactive ketones (excluding diaryl/α,β-unsaturated/α-hetero) is 1. The second-order valence-corrected chi connectivity index (χ2v) is 7.90. The van der Waals surface area contributed by atoms with Crippen LogP contribution in [0.2, 0.25) is 0 Å². The fraction of sp³-hybridized carbons (Fsp3) is 0.524. The predicted molar refractivity (Wildman–Crippen MR) is 109 cm³/mol. The zero-order chi connectivity index (χ0) is 22.2. The Morgan fingerprint density at radius 1 is 1.00 bits per heavy atom. The van der Waals surface area contributed by atoms with Crippen molar-refractivity contribution in [2.75, 3.05) is 11.9 Å². The van der Waals surface area contributed by atoms with Gasteiger partial charge in [-0.05, 0) is 52.0 Å². The molecule has 1 aromatic rings. The quantitative estimate of drug-likeness (QED) is 0.506. The number of amides is 2. The summed E-state index contributed by atoms with van der Waals surface area (Å²) in [6.07, 6.45) is -1.68. The van der Waals surface area contributed by atoms with E-state index in [1.165, 1.54) is 6.92 Å². The maximum atomic E-state index is 12.4. The highest BCUT2D eigenvalue weighted by molar-refractivity contribution is 6.01. The first-order chi connectivity index (χ1) is 13.4. The SMILES string of the molecule is CC(C)C(=O)Nc1ccc(C(=O)[C@H](C)OC(=O)CCNC(=O)OC(C)(C)C)cc1. The van der Waals surface area contributed by atoms with E-state index in [0.717, 1.165) is 0 Å². The number of benzene rings is 1. The smallest absolute Gasteiger partial charge is 0.407 e. The highest BCUT2D eigenvalue weighted by Gasteiger charge is 2.20. The number of rotatable bonds is 8. The summed E-state index contributed by atoms with van der Waals surface area (Å²) in [6, 6.07) is 6.36. The fourth-order valence-corrected chi connectivity index (χ4v) is 2.13. The Kier molecular flexibility index (Phi) is 8.82. The summed E-state index contributed by atoms with van der Waals surface area (Å²) in [4.78, 5) is 47.5. The van der Waals surface area contributed by atoms with E-state index in [1.54, 1.807) is 58.9 Å². The summed E-state index contributed by atoms with van der Waals surface area (Å²) in [5.41, 5.74) is 0.316. The molecule has 0 radical (unpaired) electrons. The summed E-state index contributed by atoms with van der Waals surface area (Å²) in [5.74, 6) is -1.24. The van der Waals surface area contributed by atoms with E-state index in [1.807, 2.05) is 0 Å². The fourth-order valence-electron chi connectivity index (χ4n) is 2.13. The molecule has 1 atom stereocenters. The highest BCUT2D eigenvalue weighted by atomic mass is 16.6. The third kappa shape index (κ3) is 9.23. The molecule has 8 nitrogen and oxygen atoms in total. The monoisotopic (exact) mass is 406 g/mol. The largest absolute Gasteiger partial charge is 0.454 e. The minimum Gasteiger partial charge on any atom is -0.454 e. The number of ether oxygens (including phenoxy) is 2. The van der Waals surface area contributed by atoms with Crippen LogP contribution < -0.4 is 10.6 Å². The maximum absolute atomic E-state index is 12.4. The van der Waals surface area contributed by atoms with Crippen LogP contribution in [-0.2, 0) is 19.1 Å². The van der Waals surface area contributed by atoms with Gasteiger partial charge in [0, 0.05) is 23.7 Å². The first-order valence-electron chi connectivity index (χ1n) is 9.50. The number of anilines is 1. The normalized spacial score (nSPS) is 12.1. The molecule has 0 aliphatic carbocycles. The minimum absolute atomic E-state index is 0.0406. The van der Waals surface area contributed by atoms with Crippen LogP contribution >= 0.6 is 0 Å². The van der Waals surface area contributed by atoms with Crippen LogP contribution in [-0.4, -0.2) is 42.0 Å². The molecule has 0 bridgehead atoms. The molecule has 160 valence electrons. The second-order valence-electron chi connectivity index (χ2n) is 7.90. The van der Waals surface area contributed by atoms with Gasteiger partial charge in [-0.3, -0.25) is 14.4 Å². The van der Waals surface area contributed by atoms with Gasteiger partial charge in [-0.1, -0.05) is 13.8 Å². The lowest BCUT2D eigenvalue weighted by Gasteiger charge is -2.19.